The molecular weight excluding hydrogens is 306 g/mol. The Morgan fingerprint density at radius 3 is 3.00 bits per heavy atom. The lowest BCUT2D eigenvalue weighted by molar-refractivity contribution is -0.121. The highest BCUT2D eigenvalue weighted by molar-refractivity contribution is 5.77. The second-order valence-electron chi connectivity index (χ2n) is 6.25. The van der Waals surface area contributed by atoms with E-state index in [0.717, 1.165) is 35.5 Å². The highest BCUT2D eigenvalue weighted by Gasteiger charge is 2.29. The van der Waals surface area contributed by atoms with Crippen LogP contribution in [-0.4, -0.2) is 26.0 Å². The van der Waals surface area contributed by atoms with Crippen molar-refractivity contribution in [3.63, 3.8) is 0 Å². The zero-order valence-corrected chi connectivity index (χ0v) is 13.5. The van der Waals surface area contributed by atoms with E-state index in [1.807, 2.05) is 31.2 Å². The molecule has 124 valence electrons. The Hall–Kier alpha value is -2.70. The Labute approximate surface area is 138 Å². The van der Waals surface area contributed by atoms with Crippen LogP contribution in [0.15, 0.2) is 28.8 Å². The van der Waals surface area contributed by atoms with Crippen molar-refractivity contribution >= 4 is 16.9 Å². The van der Waals surface area contributed by atoms with Crippen LogP contribution in [0, 0.1) is 0 Å². The van der Waals surface area contributed by atoms with Crippen LogP contribution in [0.25, 0.3) is 11.0 Å². The smallest absolute Gasteiger partial charge is 0.248 e. The quantitative estimate of drug-likeness (QED) is 0.726. The Kier molecular flexibility index (Phi) is 3.76. The van der Waals surface area contributed by atoms with Gasteiger partial charge in [-0.05, 0) is 31.9 Å². The van der Waals surface area contributed by atoms with Crippen LogP contribution >= 0.6 is 0 Å². The summed E-state index contributed by atoms with van der Waals surface area (Å²) in [5.41, 5.74) is 1.90. The predicted octanol–water partition coefficient (Wildman–Crippen LogP) is 2.63. The van der Waals surface area contributed by atoms with Crippen molar-refractivity contribution < 1.29 is 9.32 Å². The maximum absolute atomic E-state index is 12.1. The molecular formula is C17H19N5O2. The number of rotatable bonds is 6. The number of hydrogen-bond donors (Lipinski definition) is 2. The van der Waals surface area contributed by atoms with E-state index in [-0.39, 0.29) is 11.9 Å². The van der Waals surface area contributed by atoms with E-state index in [0.29, 0.717) is 24.7 Å². The van der Waals surface area contributed by atoms with Crippen molar-refractivity contribution in [1.82, 2.24) is 25.4 Å². The summed E-state index contributed by atoms with van der Waals surface area (Å²) in [5.74, 6) is 2.42. The van der Waals surface area contributed by atoms with Crippen molar-refractivity contribution in [2.45, 2.75) is 44.6 Å². The van der Waals surface area contributed by atoms with Crippen LogP contribution in [-0.2, 0) is 11.2 Å². The summed E-state index contributed by atoms with van der Waals surface area (Å²) in [5, 5.41) is 6.87. The van der Waals surface area contributed by atoms with Gasteiger partial charge < -0.3 is 14.8 Å². The summed E-state index contributed by atoms with van der Waals surface area (Å²) in [4.78, 5) is 24.2. The second-order valence-corrected chi connectivity index (χ2v) is 6.25. The molecule has 2 heterocycles. The van der Waals surface area contributed by atoms with Gasteiger partial charge in [0.05, 0.1) is 11.0 Å². The maximum Gasteiger partial charge on any atom is 0.248 e. The number of aryl methyl sites for hydroxylation is 1. The van der Waals surface area contributed by atoms with Gasteiger partial charge in [0.25, 0.3) is 0 Å². The van der Waals surface area contributed by atoms with Gasteiger partial charge >= 0.3 is 0 Å². The molecule has 0 radical (unpaired) electrons. The lowest BCUT2D eigenvalue weighted by Crippen LogP contribution is -2.27. The number of imidazole rings is 1. The van der Waals surface area contributed by atoms with Crippen LogP contribution in [0.1, 0.15) is 55.7 Å². The molecule has 24 heavy (non-hydrogen) atoms. The number of para-hydroxylation sites is 2. The number of hydrogen-bond acceptors (Lipinski definition) is 5. The summed E-state index contributed by atoms with van der Waals surface area (Å²) < 4.78 is 5.24. The number of fused-ring (bicyclic) bond motifs is 1. The van der Waals surface area contributed by atoms with Gasteiger partial charge in [0.1, 0.15) is 11.9 Å². The lowest BCUT2D eigenvalue weighted by Gasteiger charge is -2.08. The standard InChI is InChI=1S/C17H19N5O2/c1-10(17-21-16(22-24-17)11-6-7-11)18-15(23)9-8-14-19-12-4-2-3-5-13(12)20-14/h2-5,10-11H,6-9H2,1H3,(H,18,23)(H,19,20). The second kappa shape index (κ2) is 6.07. The van der Waals surface area contributed by atoms with Gasteiger partial charge in [0, 0.05) is 18.8 Å². The Bertz CT molecular complexity index is 832. The largest absolute Gasteiger partial charge is 0.345 e. The molecule has 1 saturated carbocycles. The number of aromatic amines is 1. The first kappa shape index (κ1) is 14.9. The van der Waals surface area contributed by atoms with Gasteiger partial charge in [0.2, 0.25) is 11.8 Å². The van der Waals surface area contributed by atoms with Crippen molar-refractivity contribution in [3.05, 3.63) is 41.8 Å². The third-order valence-corrected chi connectivity index (χ3v) is 4.18. The van der Waals surface area contributed by atoms with Gasteiger partial charge in [-0.15, -0.1) is 0 Å². The molecule has 1 aromatic carbocycles. The van der Waals surface area contributed by atoms with E-state index in [4.69, 9.17) is 4.52 Å². The van der Waals surface area contributed by atoms with Crippen LogP contribution in [0.5, 0.6) is 0 Å². The van der Waals surface area contributed by atoms with E-state index in [1.54, 1.807) is 0 Å². The predicted molar refractivity (Wildman–Crippen MR) is 87.2 cm³/mol. The number of benzene rings is 1. The van der Waals surface area contributed by atoms with Gasteiger partial charge in [-0.25, -0.2) is 4.98 Å². The fraction of sp³-hybridized carbons (Fsp3) is 0.412. The zero-order valence-electron chi connectivity index (χ0n) is 13.5. The molecule has 7 nitrogen and oxygen atoms in total. The van der Waals surface area contributed by atoms with Gasteiger partial charge in [0.15, 0.2) is 5.82 Å². The molecule has 0 bridgehead atoms. The Morgan fingerprint density at radius 2 is 2.21 bits per heavy atom. The molecule has 4 rings (SSSR count). The number of nitrogens with one attached hydrogen (secondary N) is 2. The number of nitrogens with zero attached hydrogens (tertiary/aromatic N) is 3. The summed E-state index contributed by atoms with van der Waals surface area (Å²) in [6.07, 6.45) is 3.16. The van der Waals surface area contributed by atoms with Crippen molar-refractivity contribution in [3.8, 4) is 0 Å². The van der Waals surface area contributed by atoms with E-state index in [2.05, 4.69) is 25.4 Å². The number of carbonyl (C=O) groups excluding carboxylic acids is 1. The fourth-order valence-electron chi connectivity index (χ4n) is 2.66. The van der Waals surface area contributed by atoms with Crippen LogP contribution in [0.3, 0.4) is 0 Å². The topological polar surface area (TPSA) is 96.7 Å². The van der Waals surface area contributed by atoms with Crippen LogP contribution in [0.4, 0.5) is 0 Å². The number of H-pyrrole nitrogens is 1. The number of carbonyl (C=O) groups is 1. The van der Waals surface area contributed by atoms with Crippen molar-refractivity contribution in [1.29, 1.82) is 0 Å². The molecule has 1 fully saturated rings. The molecule has 1 amide bonds. The first-order valence-corrected chi connectivity index (χ1v) is 8.25. The molecule has 2 aromatic heterocycles. The fourth-order valence-corrected chi connectivity index (χ4v) is 2.66. The summed E-state index contributed by atoms with van der Waals surface area (Å²) in [6, 6.07) is 7.54. The van der Waals surface area contributed by atoms with E-state index in [9.17, 15) is 4.79 Å². The lowest BCUT2D eigenvalue weighted by atomic mass is 10.2. The van der Waals surface area contributed by atoms with Crippen LogP contribution in [0.2, 0.25) is 0 Å². The average molecular weight is 325 g/mol. The Morgan fingerprint density at radius 1 is 1.38 bits per heavy atom. The summed E-state index contributed by atoms with van der Waals surface area (Å²) >= 11 is 0. The maximum atomic E-state index is 12.1. The van der Waals surface area contributed by atoms with Crippen molar-refractivity contribution in [2.24, 2.45) is 0 Å². The SMILES string of the molecule is CC(NC(=O)CCc1nc2ccccc2[nH]1)c1nc(C2CC2)no1. The normalized spacial score (nSPS) is 15.5. The molecule has 1 aliphatic rings. The third kappa shape index (κ3) is 3.15. The molecule has 0 saturated heterocycles. The summed E-state index contributed by atoms with van der Waals surface area (Å²) in [6.45, 7) is 1.85. The third-order valence-electron chi connectivity index (χ3n) is 4.18. The minimum atomic E-state index is -0.284. The van der Waals surface area contributed by atoms with Gasteiger partial charge in [-0.2, -0.15) is 4.98 Å². The van der Waals surface area contributed by atoms with E-state index < -0.39 is 0 Å². The molecule has 3 aromatic rings. The van der Waals surface area contributed by atoms with Crippen LogP contribution < -0.4 is 5.32 Å². The molecule has 0 spiro atoms. The first-order chi connectivity index (χ1) is 11.7. The highest BCUT2D eigenvalue weighted by atomic mass is 16.5. The molecule has 1 aliphatic carbocycles. The van der Waals surface area contributed by atoms with Gasteiger partial charge in [-0.1, -0.05) is 17.3 Å². The number of amides is 1. The minimum absolute atomic E-state index is 0.0610. The first-order valence-electron chi connectivity index (χ1n) is 8.25. The summed E-state index contributed by atoms with van der Waals surface area (Å²) in [7, 11) is 0. The average Bonchev–Trinajstić information content (AvgIpc) is 3.16. The van der Waals surface area contributed by atoms with Crippen molar-refractivity contribution in [2.75, 3.05) is 0 Å². The molecule has 0 aliphatic heterocycles. The molecule has 1 atom stereocenters. The van der Waals surface area contributed by atoms with Gasteiger partial charge in [-0.3, -0.25) is 4.79 Å². The zero-order chi connectivity index (χ0) is 16.5. The highest BCUT2D eigenvalue weighted by Crippen LogP contribution is 2.38. The Balaban J connectivity index is 1.32. The molecule has 2 N–H and O–H groups in total. The number of aromatic nitrogens is 4. The molecule has 1 unspecified atom stereocenters. The van der Waals surface area contributed by atoms with E-state index >= 15 is 0 Å². The molecule has 7 heteroatoms. The van der Waals surface area contributed by atoms with E-state index in [1.165, 1.54) is 0 Å². The minimum Gasteiger partial charge on any atom is -0.345 e. The monoisotopic (exact) mass is 325 g/mol.